The van der Waals surface area contributed by atoms with Crippen LogP contribution < -0.4 is 5.32 Å². The van der Waals surface area contributed by atoms with Gasteiger partial charge in [-0.05, 0) is 41.5 Å². The normalized spacial score (nSPS) is 16.4. The maximum Gasteiger partial charge on any atom is 0.248 e. The number of aromatic nitrogens is 4. The summed E-state index contributed by atoms with van der Waals surface area (Å²) in [5.41, 5.74) is 5.79. The number of rotatable bonds is 2. The summed E-state index contributed by atoms with van der Waals surface area (Å²) in [4.78, 5) is 0. The zero-order valence-electron chi connectivity index (χ0n) is 13.1. The molecule has 1 N–H and O–H groups in total. The van der Waals surface area contributed by atoms with Crippen LogP contribution in [-0.4, -0.2) is 20.2 Å². The highest BCUT2D eigenvalue weighted by Crippen LogP contribution is 2.31. The molecule has 1 unspecified atom stereocenters. The Morgan fingerprint density at radius 1 is 1.00 bits per heavy atom. The van der Waals surface area contributed by atoms with Gasteiger partial charge in [0.1, 0.15) is 6.04 Å². The fraction of sp³-hybridized carbons (Fsp3) is 0.167. The minimum absolute atomic E-state index is 0.0162. The fourth-order valence-electron chi connectivity index (χ4n) is 2.85. The molecular weight excluding hydrogens is 286 g/mol. The van der Waals surface area contributed by atoms with E-state index in [1.807, 2.05) is 4.68 Å². The number of tetrazole rings is 1. The van der Waals surface area contributed by atoms with E-state index in [1.54, 1.807) is 0 Å². The van der Waals surface area contributed by atoms with E-state index in [1.165, 1.54) is 16.7 Å². The van der Waals surface area contributed by atoms with Crippen LogP contribution in [-0.2, 0) is 0 Å². The first-order valence-corrected chi connectivity index (χ1v) is 7.61. The topological polar surface area (TPSA) is 55.6 Å². The van der Waals surface area contributed by atoms with Gasteiger partial charge in [0.2, 0.25) is 5.95 Å². The lowest BCUT2D eigenvalue weighted by atomic mass is 10.00. The van der Waals surface area contributed by atoms with E-state index < -0.39 is 0 Å². The quantitative estimate of drug-likeness (QED) is 0.789. The summed E-state index contributed by atoms with van der Waals surface area (Å²) in [6.45, 7) is 4.18. The Labute approximate surface area is 134 Å². The third kappa shape index (κ3) is 2.50. The SMILES string of the molecule is Cc1ccc(C2=CC(c3cccc(C)c3)n3nnnc3N2)cc1. The summed E-state index contributed by atoms with van der Waals surface area (Å²) in [5.74, 6) is 0.662. The van der Waals surface area contributed by atoms with Crippen LogP contribution >= 0.6 is 0 Å². The van der Waals surface area contributed by atoms with Crippen molar-refractivity contribution in [2.45, 2.75) is 19.9 Å². The van der Waals surface area contributed by atoms with Crippen molar-refractivity contribution in [3.63, 3.8) is 0 Å². The van der Waals surface area contributed by atoms with Gasteiger partial charge in [-0.15, -0.1) is 0 Å². The first kappa shape index (κ1) is 13.7. The lowest BCUT2D eigenvalue weighted by Crippen LogP contribution is -2.20. The Bertz CT molecular complexity index is 876. The molecule has 1 aromatic heterocycles. The van der Waals surface area contributed by atoms with Crippen LogP contribution in [0.3, 0.4) is 0 Å². The number of nitrogens with one attached hydrogen (secondary N) is 1. The Morgan fingerprint density at radius 3 is 2.61 bits per heavy atom. The molecule has 0 aliphatic carbocycles. The van der Waals surface area contributed by atoms with Crippen molar-refractivity contribution in [1.29, 1.82) is 0 Å². The van der Waals surface area contributed by atoms with E-state index >= 15 is 0 Å². The average molecular weight is 303 g/mol. The van der Waals surface area contributed by atoms with Crippen molar-refractivity contribution in [3.8, 4) is 0 Å². The third-order valence-corrected chi connectivity index (χ3v) is 4.07. The third-order valence-electron chi connectivity index (χ3n) is 4.07. The van der Waals surface area contributed by atoms with E-state index in [-0.39, 0.29) is 6.04 Å². The Morgan fingerprint density at radius 2 is 1.83 bits per heavy atom. The van der Waals surface area contributed by atoms with E-state index in [0.717, 1.165) is 11.3 Å². The molecular formula is C18H17N5. The summed E-state index contributed by atoms with van der Waals surface area (Å²) in [7, 11) is 0. The smallest absolute Gasteiger partial charge is 0.248 e. The van der Waals surface area contributed by atoms with Crippen LogP contribution in [0.15, 0.2) is 54.6 Å². The lowest BCUT2D eigenvalue weighted by Gasteiger charge is -2.23. The molecule has 1 atom stereocenters. The largest absolute Gasteiger partial charge is 0.323 e. The zero-order valence-corrected chi connectivity index (χ0v) is 13.1. The van der Waals surface area contributed by atoms with Gasteiger partial charge in [0.05, 0.1) is 0 Å². The van der Waals surface area contributed by atoms with Gasteiger partial charge in [-0.25, -0.2) is 0 Å². The number of allylic oxidation sites excluding steroid dienone is 1. The number of aryl methyl sites for hydroxylation is 2. The number of hydrogen-bond acceptors (Lipinski definition) is 4. The van der Waals surface area contributed by atoms with Crippen molar-refractivity contribution in [2.24, 2.45) is 0 Å². The van der Waals surface area contributed by atoms with Crippen molar-refractivity contribution in [3.05, 3.63) is 76.9 Å². The van der Waals surface area contributed by atoms with Crippen molar-refractivity contribution >= 4 is 11.6 Å². The molecule has 3 aromatic rings. The highest BCUT2D eigenvalue weighted by molar-refractivity contribution is 5.77. The summed E-state index contributed by atoms with van der Waals surface area (Å²) in [6, 6.07) is 16.9. The standard InChI is InChI=1S/C18H17N5/c1-12-6-8-14(9-7-12)16-11-17(15-5-3-4-13(2)10-15)23-18(19-16)20-21-22-23/h3-11,17H,1-2H3,(H,19,20,22). The summed E-state index contributed by atoms with van der Waals surface area (Å²) >= 11 is 0. The molecule has 4 rings (SSSR count). The highest BCUT2D eigenvalue weighted by Gasteiger charge is 2.24. The van der Waals surface area contributed by atoms with Crippen LogP contribution in [0.2, 0.25) is 0 Å². The lowest BCUT2D eigenvalue weighted by molar-refractivity contribution is 0.585. The molecule has 1 aliphatic rings. The van der Waals surface area contributed by atoms with E-state index in [4.69, 9.17) is 0 Å². The summed E-state index contributed by atoms with van der Waals surface area (Å²) in [5, 5.41) is 15.4. The number of anilines is 1. The molecule has 1 aliphatic heterocycles. The first-order valence-electron chi connectivity index (χ1n) is 7.61. The van der Waals surface area contributed by atoms with Gasteiger partial charge in [0, 0.05) is 5.70 Å². The van der Waals surface area contributed by atoms with E-state index in [2.05, 4.69) is 89.3 Å². The molecule has 0 amide bonds. The average Bonchev–Trinajstić information content (AvgIpc) is 3.03. The first-order chi connectivity index (χ1) is 11.2. The Hall–Kier alpha value is -2.95. The predicted molar refractivity (Wildman–Crippen MR) is 89.9 cm³/mol. The molecule has 5 nitrogen and oxygen atoms in total. The van der Waals surface area contributed by atoms with E-state index in [0.29, 0.717) is 5.95 Å². The molecule has 0 saturated heterocycles. The fourth-order valence-corrected chi connectivity index (χ4v) is 2.85. The van der Waals surface area contributed by atoms with Gasteiger partial charge in [-0.2, -0.15) is 4.68 Å². The second-order valence-corrected chi connectivity index (χ2v) is 5.88. The second kappa shape index (κ2) is 5.35. The molecule has 0 spiro atoms. The Balaban J connectivity index is 1.81. The second-order valence-electron chi connectivity index (χ2n) is 5.88. The van der Waals surface area contributed by atoms with Crippen LogP contribution in [0, 0.1) is 13.8 Å². The molecule has 0 radical (unpaired) electrons. The maximum atomic E-state index is 4.13. The monoisotopic (exact) mass is 303 g/mol. The van der Waals surface area contributed by atoms with Crippen molar-refractivity contribution < 1.29 is 0 Å². The Kier molecular flexibility index (Phi) is 3.19. The van der Waals surface area contributed by atoms with Crippen molar-refractivity contribution in [2.75, 3.05) is 5.32 Å². The molecule has 0 fully saturated rings. The molecule has 114 valence electrons. The number of nitrogens with zero attached hydrogens (tertiary/aromatic N) is 4. The maximum absolute atomic E-state index is 4.13. The van der Waals surface area contributed by atoms with Gasteiger partial charge in [-0.3, -0.25) is 0 Å². The number of benzene rings is 2. The minimum Gasteiger partial charge on any atom is -0.323 e. The predicted octanol–water partition coefficient (Wildman–Crippen LogP) is 3.35. The van der Waals surface area contributed by atoms with Crippen LogP contribution in [0.5, 0.6) is 0 Å². The number of fused-ring (bicyclic) bond motifs is 1. The van der Waals surface area contributed by atoms with Gasteiger partial charge < -0.3 is 5.32 Å². The summed E-state index contributed by atoms with van der Waals surface area (Å²) in [6.07, 6.45) is 2.17. The van der Waals surface area contributed by atoms with Crippen molar-refractivity contribution in [1.82, 2.24) is 20.2 Å². The van der Waals surface area contributed by atoms with Gasteiger partial charge in [-0.1, -0.05) is 64.8 Å². The molecule has 5 heteroatoms. The van der Waals surface area contributed by atoms with Crippen LogP contribution in [0.1, 0.15) is 28.3 Å². The van der Waals surface area contributed by atoms with Crippen LogP contribution in [0.25, 0.3) is 5.70 Å². The zero-order chi connectivity index (χ0) is 15.8. The van der Waals surface area contributed by atoms with Crippen LogP contribution in [0.4, 0.5) is 5.95 Å². The molecule has 0 saturated carbocycles. The molecule has 2 aromatic carbocycles. The van der Waals surface area contributed by atoms with Gasteiger partial charge >= 0.3 is 0 Å². The minimum atomic E-state index is -0.0162. The highest BCUT2D eigenvalue weighted by atomic mass is 15.6. The van der Waals surface area contributed by atoms with E-state index in [9.17, 15) is 0 Å². The van der Waals surface area contributed by atoms with Gasteiger partial charge in [0.25, 0.3) is 0 Å². The molecule has 0 bridgehead atoms. The number of hydrogen-bond donors (Lipinski definition) is 1. The van der Waals surface area contributed by atoms with Gasteiger partial charge in [0.15, 0.2) is 0 Å². The molecule has 2 heterocycles. The molecule has 23 heavy (non-hydrogen) atoms. The summed E-state index contributed by atoms with van der Waals surface area (Å²) < 4.78 is 1.81.